The number of aromatic amines is 1. The first kappa shape index (κ1) is 17.7. The van der Waals surface area contributed by atoms with Crippen molar-refractivity contribution in [1.29, 1.82) is 0 Å². The van der Waals surface area contributed by atoms with Crippen LogP contribution < -0.4 is 15.5 Å². The van der Waals surface area contributed by atoms with Gasteiger partial charge in [-0.15, -0.1) is 0 Å². The zero-order valence-electron chi connectivity index (χ0n) is 15.0. The monoisotopic (exact) mass is 381 g/mol. The summed E-state index contributed by atoms with van der Waals surface area (Å²) in [6.45, 7) is 2.97. The summed E-state index contributed by atoms with van der Waals surface area (Å²) < 4.78 is 0. The van der Waals surface area contributed by atoms with E-state index in [2.05, 4.69) is 24.8 Å². The summed E-state index contributed by atoms with van der Waals surface area (Å²) in [6, 6.07) is 9.84. The predicted molar refractivity (Wildman–Crippen MR) is 105 cm³/mol. The number of fused-ring (bicyclic) bond motifs is 1. The molecular formula is C18H19N7O3. The molecule has 0 saturated carbocycles. The Morgan fingerprint density at radius 2 is 1.89 bits per heavy atom. The van der Waals surface area contributed by atoms with Crippen LogP contribution in [-0.4, -0.2) is 52.0 Å². The molecule has 4 rings (SSSR count). The van der Waals surface area contributed by atoms with Crippen molar-refractivity contribution in [2.24, 2.45) is 5.73 Å². The summed E-state index contributed by atoms with van der Waals surface area (Å²) in [4.78, 5) is 38.2. The summed E-state index contributed by atoms with van der Waals surface area (Å²) in [5, 5.41) is 11.0. The lowest BCUT2D eigenvalue weighted by molar-refractivity contribution is -0.384. The molecule has 0 bridgehead atoms. The molecule has 28 heavy (non-hydrogen) atoms. The van der Waals surface area contributed by atoms with Crippen LogP contribution >= 0.6 is 0 Å². The number of benzene rings is 1. The van der Waals surface area contributed by atoms with Crippen LogP contribution in [0.4, 0.5) is 17.5 Å². The molecule has 1 aliphatic heterocycles. The van der Waals surface area contributed by atoms with E-state index < -0.39 is 10.8 Å². The molecule has 1 saturated heterocycles. The first-order chi connectivity index (χ1) is 13.5. The zero-order valence-corrected chi connectivity index (χ0v) is 15.0. The minimum absolute atomic E-state index is 0.0325. The van der Waals surface area contributed by atoms with Gasteiger partial charge in [0.25, 0.3) is 11.6 Å². The number of rotatable bonds is 4. The average molecular weight is 381 g/mol. The summed E-state index contributed by atoms with van der Waals surface area (Å²) in [7, 11) is 0. The van der Waals surface area contributed by atoms with Crippen LogP contribution in [-0.2, 0) is 0 Å². The highest BCUT2D eigenvalue weighted by Gasteiger charge is 2.20. The highest BCUT2D eigenvalue weighted by molar-refractivity contribution is 5.91. The first-order valence-corrected chi connectivity index (χ1v) is 8.92. The van der Waals surface area contributed by atoms with E-state index in [0.717, 1.165) is 25.3 Å². The van der Waals surface area contributed by atoms with Gasteiger partial charge in [0.05, 0.1) is 16.0 Å². The van der Waals surface area contributed by atoms with Gasteiger partial charge in [-0.3, -0.25) is 14.9 Å². The number of non-ortho nitro benzene ring substituents is 1. The Labute approximate surface area is 160 Å². The summed E-state index contributed by atoms with van der Waals surface area (Å²) in [6.07, 6.45) is 0.875. The number of H-pyrrole nitrogens is 1. The minimum atomic E-state index is -0.547. The van der Waals surface area contributed by atoms with E-state index in [-0.39, 0.29) is 11.4 Å². The number of hydrogen-bond donors (Lipinski definition) is 2. The Morgan fingerprint density at radius 1 is 1.11 bits per heavy atom. The minimum Gasteiger partial charge on any atom is -0.364 e. The van der Waals surface area contributed by atoms with Gasteiger partial charge < -0.3 is 20.5 Å². The number of carbonyl (C=O) groups is 1. The molecule has 10 nitrogen and oxygen atoms in total. The van der Waals surface area contributed by atoms with Crippen LogP contribution in [0.5, 0.6) is 0 Å². The van der Waals surface area contributed by atoms with Crippen LogP contribution in [0.1, 0.15) is 16.9 Å². The topological polar surface area (TPSA) is 134 Å². The molecule has 1 aromatic carbocycles. The van der Waals surface area contributed by atoms with E-state index in [1.54, 1.807) is 18.2 Å². The fraction of sp³-hybridized carbons (Fsp3) is 0.278. The highest BCUT2D eigenvalue weighted by Crippen LogP contribution is 2.23. The molecule has 1 fully saturated rings. The van der Waals surface area contributed by atoms with Crippen molar-refractivity contribution >= 4 is 34.4 Å². The van der Waals surface area contributed by atoms with Crippen molar-refractivity contribution in [2.45, 2.75) is 6.42 Å². The third kappa shape index (κ3) is 3.43. The molecule has 3 heterocycles. The maximum absolute atomic E-state index is 11.4. The second-order valence-electron chi connectivity index (χ2n) is 6.59. The molecule has 0 unspecified atom stereocenters. The molecule has 1 aliphatic rings. The Morgan fingerprint density at radius 3 is 2.68 bits per heavy atom. The van der Waals surface area contributed by atoms with E-state index >= 15 is 0 Å². The number of imidazole rings is 1. The van der Waals surface area contributed by atoms with E-state index in [9.17, 15) is 14.9 Å². The highest BCUT2D eigenvalue weighted by atomic mass is 16.6. The Kier molecular flexibility index (Phi) is 4.52. The lowest BCUT2D eigenvalue weighted by Crippen LogP contribution is -2.32. The normalized spacial score (nSPS) is 14.9. The van der Waals surface area contributed by atoms with Crippen molar-refractivity contribution in [3.05, 3.63) is 52.2 Å². The predicted octanol–water partition coefficient (Wildman–Crippen LogP) is 1.68. The number of carbonyl (C=O) groups excluding carboxylic acids is 1. The third-order valence-corrected chi connectivity index (χ3v) is 4.77. The van der Waals surface area contributed by atoms with Gasteiger partial charge in [-0.1, -0.05) is 6.07 Å². The van der Waals surface area contributed by atoms with Gasteiger partial charge in [-0.2, -0.15) is 0 Å². The fourth-order valence-corrected chi connectivity index (χ4v) is 3.34. The first-order valence-electron chi connectivity index (χ1n) is 8.92. The Bertz CT molecular complexity index is 1050. The smallest absolute Gasteiger partial charge is 0.271 e. The standard InChI is InChI=1S/C18H19N7O3/c19-17(26)14-3-1-4-16(20-14)23-7-2-8-24(10-9-23)18-21-13-6-5-12(25(27)28)11-15(13)22-18/h1,3-6,11H,2,7-10H2,(H2,19,26)(H,21,22). The van der Waals surface area contributed by atoms with E-state index in [1.807, 2.05) is 6.07 Å². The van der Waals surface area contributed by atoms with Gasteiger partial charge in [0.2, 0.25) is 5.95 Å². The van der Waals surface area contributed by atoms with Gasteiger partial charge >= 0.3 is 0 Å². The molecule has 10 heteroatoms. The van der Waals surface area contributed by atoms with Gasteiger partial charge in [0.1, 0.15) is 11.5 Å². The molecule has 0 radical (unpaired) electrons. The van der Waals surface area contributed by atoms with E-state index in [1.165, 1.54) is 12.1 Å². The second-order valence-corrected chi connectivity index (χ2v) is 6.59. The maximum Gasteiger partial charge on any atom is 0.271 e. The van der Waals surface area contributed by atoms with Crippen molar-refractivity contribution in [2.75, 3.05) is 36.0 Å². The van der Waals surface area contributed by atoms with Gasteiger partial charge in [0, 0.05) is 38.3 Å². The fourth-order valence-electron chi connectivity index (χ4n) is 3.34. The van der Waals surface area contributed by atoms with Crippen molar-refractivity contribution in [1.82, 2.24) is 15.0 Å². The largest absolute Gasteiger partial charge is 0.364 e. The number of pyridine rings is 1. The molecule has 1 amide bonds. The third-order valence-electron chi connectivity index (χ3n) is 4.77. The number of nitrogens with two attached hydrogens (primary N) is 1. The number of nitrogens with one attached hydrogen (secondary N) is 1. The van der Waals surface area contributed by atoms with Gasteiger partial charge in [-0.05, 0) is 24.6 Å². The van der Waals surface area contributed by atoms with Gasteiger partial charge in [-0.25, -0.2) is 9.97 Å². The van der Waals surface area contributed by atoms with Crippen molar-refractivity contribution in [3.8, 4) is 0 Å². The average Bonchev–Trinajstić information content (AvgIpc) is 2.96. The number of anilines is 2. The van der Waals surface area contributed by atoms with E-state index in [0.29, 0.717) is 30.1 Å². The Balaban J connectivity index is 1.52. The molecule has 144 valence electrons. The molecule has 0 spiro atoms. The molecule has 3 aromatic rings. The lowest BCUT2D eigenvalue weighted by Gasteiger charge is -2.22. The molecule has 2 aromatic heterocycles. The number of primary amides is 1. The number of nitro groups is 1. The van der Waals surface area contributed by atoms with Crippen LogP contribution in [0.3, 0.4) is 0 Å². The van der Waals surface area contributed by atoms with Crippen LogP contribution in [0, 0.1) is 10.1 Å². The summed E-state index contributed by atoms with van der Waals surface area (Å²) in [5.41, 5.74) is 6.94. The number of nitrogens with zero attached hydrogens (tertiary/aromatic N) is 5. The molecular weight excluding hydrogens is 362 g/mol. The molecule has 0 aliphatic carbocycles. The van der Waals surface area contributed by atoms with Gasteiger partial charge in [0.15, 0.2) is 0 Å². The SMILES string of the molecule is NC(=O)c1cccc(N2CCCN(c3nc4ccc([N+](=O)[O-])cc4[nH]3)CC2)n1. The molecule has 3 N–H and O–H groups in total. The number of aromatic nitrogens is 3. The van der Waals surface area contributed by atoms with Crippen molar-refractivity contribution in [3.63, 3.8) is 0 Å². The summed E-state index contributed by atoms with van der Waals surface area (Å²) in [5.74, 6) is 0.865. The van der Waals surface area contributed by atoms with Crippen molar-refractivity contribution < 1.29 is 9.72 Å². The summed E-state index contributed by atoms with van der Waals surface area (Å²) >= 11 is 0. The Hall–Kier alpha value is -3.69. The van der Waals surface area contributed by atoms with Crippen LogP contribution in [0.15, 0.2) is 36.4 Å². The molecule has 0 atom stereocenters. The van der Waals surface area contributed by atoms with E-state index in [4.69, 9.17) is 5.73 Å². The maximum atomic E-state index is 11.4. The zero-order chi connectivity index (χ0) is 19.7. The number of hydrogen-bond acceptors (Lipinski definition) is 7. The van der Waals surface area contributed by atoms with Crippen LogP contribution in [0.2, 0.25) is 0 Å². The second kappa shape index (κ2) is 7.14. The quantitative estimate of drug-likeness (QED) is 0.518. The lowest BCUT2D eigenvalue weighted by atomic mass is 10.3. The van der Waals surface area contributed by atoms with Crippen LogP contribution in [0.25, 0.3) is 11.0 Å². The number of amides is 1. The number of nitro benzene ring substituents is 1.